The summed E-state index contributed by atoms with van der Waals surface area (Å²) in [5, 5.41) is 0. The first-order valence-electron chi connectivity index (χ1n) is 5.96. The largest absolute Gasteiger partial charge is 0.389 e. The molecule has 5 heteroatoms. The van der Waals surface area contributed by atoms with Crippen LogP contribution >= 0.6 is 12.2 Å². The molecule has 0 radical (unpaired) electrons. The lowest BCUT2D eigenvalue weighted by atomic mass is 10.1. The lowest BCUT2D eigenvalue weighted by Gasteiger charge is -2.21. The van der Waals surface area contributed by atoms with Gasteiger partial charge in [-0.2, -0.15) is 0 Å². The van der Waals surface area contributed by atoms with Crippen LogP contribution in [0.15, 0.2) is 36.7 Å². The zero-order valence-electron chi connectivity index (χ0n) is 11.0. The summed E-state index contributed by atoms with van der Waals surface area (Å²) in [6.07, 6.45) is 3.54. The molecule has 2 aromatic heterocycles. The molecule has 0 saturated carbocycles. The third-order valence-electron chi connectivity index (χ3n) is 2.87. The van der Waals surface area contributed by atoms with E-state index in [4.69, 9.17) is 18.0 Å². The van der Waals surface area contributed by atoms with Crippen molar-refractivity contribution in [1.29, 1.82) is 0 Å². The Balaban J connectivity index is 2.31. The number of rotatable bonds is 4. The second kappa shape index (κ2) is 5.75. The summed E-state index contributed by atoms with van der Waals surface area (Å²) in [5.74, 6) is 0.790. The normalized spacial score (nSPS) is 10.2. The van der Waals surface area contributed by atoms with Crippen LogP contribution in [-0.4, -0.2) is 22.0 Å². The third kappa shape index (κ3) is 3.06. The fraction of sp³-hybridized carbons (Fsp3) is 0.214. The van der Waals surface area contributed by atoms with E-state index in [1.165, 1.54) is 0 Å². The topological polar surface area (TPSA) is 55.0 Å². The highest BCUT2D eigenvalue weighted by Gasteiger charge is 2.14. The molecule has 2 rings (SSSR count). The first-order chi connectivity index (χ1) is 9.09. The first-order valence-corrected chi connectivity index (χ1v) is 6.37. The van der Waals surface area contributed by atoms with E-state index in [0.29, 0.717) is 11.5 Å². The van der Waals surface area contributed by atoms with E-state index in [9.17, 15) is 0 Å². The third-order valence-corrected chi connectivity index (χ3v) is 3.08. The summed E-state index contributed by atoms with van der Waals surface area (Å²) in [6.45, 7) is 2.64. The van der Waals surface area contributed by atoms with Crippen molar-refractivity contribution in [2.45, 2.75) is 13.5 Å². The van der Waals surface area contributed by atoms with Crippen molar-refractivity contribution in [3.8, 4) is 0 Å². The smallest absolute Gasteiger partial charge is 0.139 e. The minimum absolute atomic E-state index is 0.369. The molecule has 0 aliphatic carbocycles. The summed E-state index contributed by atoms with van der Waals surface area (Å²) >= 11 is 5.12. The van der Waals surface area contributed by atoms with Crippen LogP contribution in [0.1, 0.15) is 16.8 Å². The summed E-state index contributed by atoms with van der Waals surface area (Å²) in [6, 6.07) is 7.75. The highest BCUT2D eigenvalue weighted by molar-refractivity contribution is 7.80. The van der Waals surface area contributed by atoms with Gasteiger partial charge in [0.25, 0.3) is 0 Å². The molecule has 0 aliphatic heterocycles. The predicted octanol–water partition coefficient (Wildman–Crippen LogP) is 2.06. The second-order valence-electron chi connectivity index (χ2n) is 4.37. The fourth-order valence-electron chi connectivity index (χ4n) is 1.95. The minimum Gasteiger partial charge on any atom is -0.389 e. The Kier molecular flexibility index (Phi) is 4.06. The van der Waals surface area contributed by atoms with Crippen molar-refractivity contribution in [1.82, 2.24) is 9.97 Å². The van der Waals surface area contributed by atoms with E-state index < -0.39 is 0 Å². The van der Waals surface area contributed by atoms with E-state index in [1.807, 2.05) is 43.1 Å². The molecule has 2 heterocycles. The van der Waals surface area contributed by atoms with Gasteiger partial charge in [0.1, 0.15) is 10.8 Å². The van der Waals surface area contributed by atoms with Gasteiger partial charge in [0.2, 0.25) is 0 Å². The van der Waals surface area contributed by atoms with Crippen LogP contribution in [0.4, 0.5) is 5.82 Å². The van der Waals surface area contributed by atoms with E-state index in [2.05, 4.69) is 9.97 Å². The van der Waals surface area contributed by atoms with Gasteiger partial charge in [-0.1, -0.05) is 18.3 Å². The molecule has 0 atom stereocenters. The van der Waals surface area contributed by atoms with E-state index in [1.54, 1.807) is 12.4 Å². The molecule has 0 fully saturated rings. The van der Waals surface area contributed by atoms with Crippen molar-refractivity contribution in [2.75, 3.05) is 11.9 Å². The molecule has 0 aromatic carbocycles. The number of aromatic nitrogens is 2. The molecule has 0 amide bonds. The van der Waals surface area contributed by atoms with Crippen molar-refractivity contribution >= 4 is 23.0 Å². The molecular formula is C14H16N4S. The van der Waals surface area contributed by atoms with Gasteiger partial charge in [-0.15, -0.1) is 0 Å². The Labute approximate surface area is 118 Å². The first kappa shape index (κ1) is 13.4. The average molecular weight is 272 g/mol. The van der Waals surface area contributed by atoms with Crippen LogP contribution in [0.2, 0.25) is 0 Å². The van der Waals surface area contributed by atoms with Gasteiger partial charge in [0.15, 0.2) is 0 Å². The maximum Gasteiger partial charge on any atom is 0.139 e. The number of hydrogen-bond donors (Lipinski definition) is 1. The van der Waals surface area contributed by atoms with Crippen LogP contribution in [0, 0.1) is 6.92 Å². The summed E-state index contributed by atoms with van der Waals surface area (Å²) in [4.78, 5) is 11.1. The number of nitrogens with two attached hydrogens (primary N) is 1. The Bertz CT molecular complexity index is 583. The summed E-state index contributed by atoms with van der Waals surface area (Å²) in [7, 11) is 1.96. The van der Waals surface area contributed by atoms with Crippen molar-refractivity contribution in [3.63, 3.8) is 0 Å². The molecule has 4 nitrogen and oxygen atoms in total. The zero-order chi connectivity index (χ0) is 13.8. The molecule has 19 heavy (non-hydrogen) atoms. The quantitative estimate of drug-likeness (QED) is 0.863. The molecule has 0 bridgehead atoms. The fourth-order valence-corrected chi connectivity index (χ4v) is 2.20. The van der Waals surface area contributed by atoms with Crippen molar-refractivity contribution in [3.05, 3.63) is 53.5 Å². The Morgan fingerprint density at radius 1 is 1.26 bits per heavy atom. The second-order valence-corrected chi connectivity index (χ2v) is 4.81. The lowest BCUT2D eigenvalue weighted by molar-refractivity contribution is 0.863. The highest BCUT2D eigenvalue weighted by Crippen LogP contribution is 2.21. The van der Waals surface area contributed by atoms with Crippen LogP contribution in [0.3, 0.4) is 0 Å². The Morgan fingerprint density at radius 2 is 2.05 bits per heavy atom. The monoisotopic (exact) mass is 272 g/mol. The lowest BCUT2D eigenvalue weighted by Crippen LogP contribution is -2.24. The van der Waals surface area contributed by atoms with Gasteiger partial charge in [-0.3, -0.25) is 4.98 Å². The van der Waals surface area contributed by atoms with Crippen LogP contribution < -0.4 is 10.6 Å². The number of nitrogens with zero attached hydrogens (tertiary/aromatic N) is 3. The summed E-state index contributed by atoms with van der Waals surface area (Å²) in [5.41, 5.74) is 8.63. The standard InChI is InChI=1S/C14H16N4S/c1-10-6-8-17-14(12(10)13(15)19)18(2)9-11-5-3-4-7-16-11/h3-8H,9H2,1-2H3,(H2,15,19). The van der Waals surface area contributed by atoms with Crippen molar-refractivity contribution < 1.29 is 0 Å². The molecule has 2 N–H and O–H groups in total. The van der Waals surface area contributed by atoms with Gasteiger partial charge in [-0.25, -0.2) is 4.98 Å². The van der Waals surface area contributed by atoms with Gasteiger partial charge in [-0.05, 0) is 30.7 Å². The molecule has 2 aromatic rings. The van der Waals surface area contributed by atoms with Gasteiger partial charge in [0, 0.05) is 19.4 Å². The van der Waals surface area contributed by atoms with Gasteiger partial charge in [0.05, 0.1) is 17.8 Å². The maximum absolute atomic E-state index is 5.80. The SMILES string of the molecule is Cc1ccnc(N(C)Cc2ccccn2)c1C(N)=S. The van der Waals surface area contributed by atoms with Crippen LogP contribution in [0.25, 0.3) is 0 Å². The Morgan fingerprint density at radius 3 is 2.68 bits per heavy atom. The van der Waals surface area contributed by atoms with E-state index >= 15 is 0 Å². The minimum atomic E-state index is 0.369. The number of thiocarbonyl (C=S) groups is 1. The molecular weight excluding hydrogens is 256 g/mol. The molecule has 98 valence electrons. The van der Waals surface area contributed by atoms with Crippen LogP contribution in [-0.2, 0) is 6.54 Å². The van der Waals surface area contributed by atoms with E-state index in [-0.39, 0.29) is 0 Å². The molecule has 0 unspecified atom stereocenters. The van der Waals surface area contributed by atoms with Gasteiger partial charge < -0.3 is 10.6 Å². The number of aryl methyl sites for hydroxylation is 1. The van der Waals surface area contributed by atoms with E-state index in [0.717, 1.165) is 22.6 Å². The van der Waals surface area contributed by atoms with Gasteiger partial charge >= 0.3 is 0 Å². The summed E-state index contributed by atoms with van der Waals surface area (Å²) < 4.78 is 0. The number of anilines is 1. The Hall–Kier alpha value is -2.01. The maximum atomic E-state index is 5.80. The predicted molar refractivity (Wildman–Crippen MR) is 81.2 cm³/mol. The molecule has 0 aliphatic rings. The average Bonchev–Trinajstić information content (AvgIpc) is 2.39. The molecule has 0 saturated heterocycles. The molecule has 0 spiro atoms. The number of hydrogen-bond acceptors (Lipinski definition) is 4. The number of pyridine rings is 2. The zero-order valence-corrected chi connectivity index (χ0v) is 11.8. The van der Waals surface area contributed by atoms with Crippen molar-refractivity contribution in [2.24, 2.45) is 5.73 Å². The highest BCUT2D eigenvalue weighted by atomic mass is 32.1. The van der Waals surface area contributed by atoms with Crippen LogP contribution in [0.5, 0.6) is 0 Å².